The lowest BCUT2D eigenvalue weighted by molar-refractivity contribution is -0.211. The molecule has 0 aromatic rings. The van der Waals surface area contributed by atoms with Crippen LogP contribution in [0.25, 0.3) is 0 Å². The minimum absolute atomic E-state index is 0.0355. The molecule has 0 spiro atoms. The second-order valence-corrected chi connectivity index (χ2v) is 16.2. The van der Waals surface area contributed by atoms with Crippen molar-refractivity contribution in [3.8, 4) is 0 Å². The fourth-order valence-corrected chi connectivity index (χ4v) is 11.3. The third kappa shape index (κ3) is 4.10. The highest BCUT2D eigenvalue weighted by molar-refractivity contribution is 5.79. The maximum atomic E-state index is 13.8. The first kappa shape index (κ1) is 29.2. The number of rotatable bonds is 6. The van der Waals surface area contributed by atoms with E-state index in [1.807, 2.05) is 6.08 Å². The van der Waals surface area contributed by atoms with Gasteiger partial charge in [-0.25, -0.2) is 0 Å². The predicted octanol–water partition coefficient (Wildman–Crippen LogP) is 9.09. The Bertz CT molecular complexity index is 1040. The summed E-state index contributed by atoms with van der Waals surface area (Å²) in [5.74, 6) is 1.65. The second kappa shape index (κ2) is 9.60. The van der Waals surface area contributed by atoms with Crippen LogP contribution < -0.4 is 0 Å². The standard InChI is InChI=1S/C36H56O3/c1-10-22-38-29-15-16-33(7)27(32(29,5)6)14-17-35(9)28(33)13-12-25-26-24-31(3,4)18-20-36(26,21-19-34(25,35)8)30(37)39-23-11-2/h10-12,26-29H,1-2,13-24H2,3-9H3/t26-,27-,28+,29-,33-,34+,35+,36-/m0/s1. The third-order valence-corrected chi connectivity index (χ3v) is 13.7. The van der Waals surface area contributed by atoms with Crippen LogP contribution in [0.1, 0.15) is 113 Å². The van der Waals surface area contributed by atoms with E-state index in [1.54, 1.807) is 11.6 Å². The van der Waals surface area contributed by atoms with Gasteiger partial charge < -0.3 is 9.47 Å². The molecule has 4 saturated carbocycles. The molecule has 0 unspecified atom stereocenters. The molecule has 39 heavy (non-hydrogen) atoms. The summed E-state index contributed by atoms with van der Waals surface area (Å²) in [6, 6.07) is 0. The average Bonchev–Trinajstić information content (AvgIpc) is 2.86. The number of ether oxygens (including phenoxy) is 2. The fraction of sp³-hybridized carbons (Fsp3) is 0.806. The molecule has 0 N–H and O–H groups in total. The molecule has 5 aliphatic rings. The summed E-state index contributed by atoms with van der Waals surface area (Å²) in [5, 5.41) is 0. The fourth-order valence-electron chi connectivity index (χ4n) is 11.3. The molecule has 0 radical (unpaired) electrons. The third-order valence-electron chi connectivity index (χ3n) is 13.7. The number of hydrogen-bond donors (Lipinski definition) is 0. The lowest BCUT2D eigenvalue weighted by Gasteiger charge is -2.71. The average molecular weight is 537 g/mol. The van der Waals surface area contributed by atoms with Gasteiger partial charge in [-0.3, -0.25) is 4.79 Å². The Labute approximate surface area is 239 Å². The molecule has 3 nitrogen and oxygen atoms in total. The van der Waals surface area contributed by atoms with Gasteiger partial charge in [0, 0.05) is 0 Å². The summed E-state index contributed by atoms with van der Waals surface area (Å²) in [6.07, 6.45) is 17.9. The number of hydrogen-bond acceptors (Lipinski definition) is 3. The van der Waals surface area contributed by atoms with Gasteiger partial charge in [0.2, 0.25) is 0 Å². The van der Waals surface area contributed by atoms with E-state index in [1.165, 1.54) is 19.3 Å². The van der Waals surface area contributed by atoms with E-state index in [2.05, 4.69) is 67.7 Å². The lowest BCUT2D eigenvalue weighted by Crippen LogP contribution is -2.65. The van der Waals surface area contributed by atoms with E-state index in [0.29, 0.717) is 42.5 Å². The van der Waals surface area contributed by atoms with Gasteiger partial charge in [0.25, 0.3) is 0 Å². The molecule has 5 rings (SSSR count). The summed E-state index contributed by atoms with van der Waals surface area (Å²) >= 11 is 0. The van der Waals surface area contributed by atoms with Crippen molar-refractivity contribution >= 4 is 5.97 Å². The molecule has 0 saturated heterocycles. The van der Waals surface area contributed by atoms with E-state index >= 15 is 0 Å². The summed E-state index contributed by atoms with van der Waals surface area (Å²) in [5.41, 5.74) is 2.33. The summed E-state index contributed by atoms with van der Waals surface area (Å²) < 4.78 is 12.2. The molecule has 0 bridgehead atoms. The molecular weight excluding hydrogens is 480 g/mol. The highest BCUT2D eigenvalue weighted by atomic mass is 16.5. The molecule has 3 heteroatoms. The van der Waals surface area contributed by atoms with Crippen LogP contribution in [0.2, 0.25) is 0 Å². The smallest absolute Gasteiger partial charge is 0.312 e. The topological polar surface area (TPSA) is 35.5 Å². The van der Waals surface area contributed by atoms with Gasteiger partial charge in [0.15, 0.2) is 0 Å². The molecular formula is C36H56O3. The van der Waals surface area contributed by atoms with Crippen molar-refractivity contribution in [2.45, 2.75) is 119 Å². The van der Waals surface area contributed by atoms with Gasteiger partial charge in [-0.1, -0.05) is 78.8 Å². The van der Waals surface area contributed by atoms with E-state index in [9.17, 15) is 4.79 Å². The van der Waals surface area contributed by atoms with E-state index in [4.69, 9.17) is 9.47 Å². The SMILES string of the molecule is C=CCOC(=O)[C@]12CCC(C)(C)C[C@H]1C1=CC[C@@H]3[C@@]4(C)CC[C@H](OCC=C)C(C)(C)[C@@H]4CC[C@@]3(C)[C@]1(C)CC2. The minimum Gasteiger partial charge on any atom is -0.461 e. The Morgan fingerprint density at radius 3 is 2.28 bits per heavy atom. The number of carbonyl (C=O) groups is 1. The van der Waals surface area contributed by atoms with Crippen LogP contribution in [0.15, 0.2) is 37.0 Å². The van der Waals surface area contributed by atoms with Gasteiger partial charge in [0.05, 0.1) is 18.1 Å². The molecule has 8 atom stereocenters. The molecule has 0 aliphatic heterocycles. The summed E-state index contributed by atoms with van der Waals surface area (Å²) in [4.78, 5) is 13.8. The monoisotopic (exact) mass is 536 g/mol. The first-order chi connectivity index (χ1) is 18.2. The van der Waals surface area contributed by atoms with Crippen LogP contribution in [0.3, 0.4) is 0 Å². The molecule has 0 amide bonds. The van der Waals surface area contributed by atoms with Crippen molar-refractivity contribution in [1.82, 2.24) is 0 Å². The largest absolute Gasteiger partial charge is 0.461 e. The van der Waals surface area contributed by atoms with Crippen molar-refractivity contribution in [2.75, 3.05) is 13.2 Å². The molecule has 0 aromatic heterocycles. The highest BCUT2D eigenvalue weighted by Gasteiger charge is 2.69. The van der Waals surface area contributed by atoms with Crippen LogP contribution in [0, 0.1) is 50.2 Å². The number of fused-ring (bicyclic) bond motifs is 7. The van der Waals surface area contributed by atoms with Crippen molar-refractivity contribution in [3.63, 3.8) is 0 Å². The van der Waals surface area contributed by atoms with Crippen LogP contribution >= 0.6 is 0 Å². The van der Waals surface area contributed by atoms with Gasteiger partial charge in [-0.15, -0.1) is 6.58 Å². The highest BCUT2D eigenvalue weighted by Crippen LogP contribution is 2.76. The second-order valence-electron chi connectivity index (χ2n) is 16.2. The van der Waals surface area contributed by atoms with Crippen molar-refractivity contribution in [3.05, 3.63) is 37.0 Å². The number of carbonyl (C=O) groups excluding carboxylic acids is 1. The van der Waals surface area contributed by atoms with Crippen molar-refractivity contribution < 1.29 is 14.3 Å². The summed E-state index contributed by atoms with van der Waals surface area (Å²) in [6.45, 7) is 26.3. The van der Waals surface area contributed by atoms with Crippen LogP contribution in [-0.2, 0) is 14.3 Å². The summed E-state index contributed by atoms with van der Waals surface area (Å²) in [7, 11) is 0. The van der Waals surface area contributed by atoms with Gasteiger partial charge in [-0.2, -0.15) is 0 Å². The lowest BCUT2D eigenvalue weighted by atomic mass is 9.33. The van der Waals surface area contributed by atoms with Gasteiger partial charge in [0.1, 0.15) is 6.61 Å². The number of allylic oxidation sites excluding steroid dienone is 2. The zero-order valence-electron chi connectivity index (χ0n) is 26.2. The van der Waals surface area contributed by atoms with E-state index in [0.717, 1.165) is 44.9 Å². The van der Waals surface area contributed by atoms with Crippen LogP contribution in [-0.4, -0.2) is 25.3 Å². The van der Waals surface area contributed by atoms with Gasteiger partial charge in [-0.05, 0) is 109 Å². The van der Waals surface area contributed by atoms with Crippen LogP contribution in [0.5, 0.6) is 0 Å². The van der Waals surface area contributed by atoms with Crippen molar-refractivity contribution in [1.29, 1.82) is 0 Å². The number of esters is 1. The zero-order chi connectivity index (χ0) is 28.5. The van der Waals surface area contributed by atoms with E-state index in [-0.39, 0.29) is 33.0 Å². The molecule has 5 aliphatic carbocycles. The molecule has 0 aromatic carbocycles. The Kier molecular flexibility index (Phi) is 7.18. The first-order valence-electron chi connectivity index (χ1n) is 15.9. The molecule has 218 valence electrons. The normalized spacial score (nSPS) is 45.9. The molecule has 4 fully saturated rings. The zero-order valence-corrected chi connectivity index (χ0v) is 26.2. The van der Waals surface area contributed by atoms with Gasteiger partial charge >= 0.3 is 5.97 Å². The van der Waals surface area contributed by atoms with Crippen molar-refractivity contribution in [2.24, 2.45) is 50.2 Å². The maximum Gasteiger partial charge on any atom is 0.312 e. The van der Waals surface area contributed by atoms with E-state index < -0.39 is 0 Å². The Morgan fingerprint density at radius 1 is 0.897 bits per heavy atom. The molecule has 0 heterocycles. The Balaban J connectivity index is 1.53. The van der Waals surface area contributed by atoms with Crippen LogP contribution in [0.4, 0.5) is 0 Å². The maximum absolute atomic E-state index is 13.8. The quantitative estimate of drug-likeness (QED) is 0.251. The Morgan fingerprint density at radius 2 is 1.59 bits per heavy atom. The predicted molar refractivity (Wildman–Crippen MR) is 160 cm³/mol. The minimum atomic E-state index is -0.364. The Hall–Kier alpha value is -1.35. The first-order valence-corrected chi connectivity index (χ1v) is 15.9.